The molecule has 0 spiro atoms. The summed E-state index contributed by atoms with van der Waals surface area (Å²) in [5, 5.41) is 0.898. The first kappa shape index (κ1) is 16.9. The summed E-state index contributed by atoms with van der Waals surface area (Å²) >= 11 is 18.1. The van der Waals surface area contributed by atoms with Gasteiger partial charge in [0.1, 0.15) is 5.69 Å². The van der Waals surface area contributed by atoms with Crippen molar-refractivity contribution in [1.29, 1.82) is 0 Å². The largest absolute Gasteiger partial charge is 0.461 e. The molecule has 2 rings (SSSR count). The van der Waals surface area contributed by atoms with Crippen molar-refractivity contribution in [2.45, 2.75) is 13.8 Å². The van der Waals surface area contributed by atoms with Gasteiger partial charge in [-0.05, 0) is 37.6 Å². The van der Waals surface area contributed by atoms with E-state index in [9.17, 15) is 4.79 Å². The quantitative estimate of drug-likeness (QED) is 0.619. The Bertz CT molecular complexity index is 715. The fourth-order valence-electron chi connectivity index (χ4n) is 1.86. The topological polar surface area (TPSA) is 54.4 Å². The minimum absolute atomic E-state index is 0.107. The molecule has 0 fully saturated rings. The highest BCUT2D eigenvalue weighted by Gasteiger charge is 2.20. The third-order valence-corrected chi connectivity index (χ3v) is 3.66. The van der Waals surface area contributed by atoms with Crippen LogP contribution >= 0.6 is 34.8 Å². The number of ether oxygens (including phenoxy) is 1. The molecule has 1 aromatic heterocycles. The number of nitrogens with one attached hydrogen (secondary N) is 1. The number of hydrogen-bond acceptors (Lipinski definition) is 3. The van der Waals surface area contributed by atoms with E-state index >= 15 is 0 Å². The fraction of sp³-hybridized carbons (Fsp3) is 0.200. The number of carbonyl (C=O) groups is 1. The number of H-pyrrole nitrogens is 1. The van der Waals surface area contributed by atoms with E-state index in [1.165, 1.54) is 12.1 Å². The van der Waals surface area contributed by atoms with E-state index < -0.39 is 5.97 Å². The lowest BCUT2D eigenvalue weighted by Crippen LogP contribution is -2.20. The highest BCUT2D eigenvalue weighted by Crippen LogP contribution is 2.36. The third-order valence-electron chi connectivity index (χ3n) is 2.87. The van der Waals surface area contributed by atoms with E-state index in [0.717, 1.165) is 5.56 Å². The fourth-order valence-corrected chi connectivity index (χ4v) is 2.76. The molecule has 0 amide bonds. The Balaban J connectivity index is 2.59. The average Bonchev–Trinajstić information content (AvgIpc) is 2.84. The number of aromatic amines is 1. The Hall–Kier alpha value is -1.49. The first-order chi connectivity index (χ1) is 10.4. The molecule has 0 saturated heterocycles. The summed E-state index contributed by atoms with van der Waals surface area (Å²) in [6.07, 6.45) is 1.71. The molecule has 4 nitrogen and oxygen atoms in total. The number of halogens is 3. The maximum atomic E-state index is 12.2. The van der Waals surface area contributed by atoms with Crippen molar-refractivity contribution in [3.05, 3.63) is 50.7 Å². The van der Waals surface area contributed by atoms with Crippen LogP contribution in [0.15, 0.2) is 29.4 Å². The number of aryl methyl sites for hydroxylation is 1. The number of benzene rings is 1. The molecule has 116 valence electrons. The third kappa shape index (κ3) is 3.64. The Morgan fingerprint density at radius 2 is 1.91 bits per heavy atom. The van der Waals surface area contributed by atoms with E-state index in [-0.39, 0.29) is 28.1 Å². The summed E-state index contributed by atoms with van der Waals surface area (Å²) < 4.78 is 5.06. The molecule has 0 atom stereocenters. The second kappa shape index (κ2) is 7.18. The Morgan fingerprint density at radius 3 is 2.41 bits per heavy atom. The molecule has 0 aliphatic carbocycles. The van der Waals surface area contributed by atoms with Gasteiger partial charge in [0.15, 0.2) is 5.71 Å². The molecule has 1 aromatic carbocycles. The summed E-state index contributed by atoms with van der Waals surface area (Å²) in [7, 11) is 0. The molecule has 22 heavy (non-hydrogen) atoms. The summed E-state index contributed by atoms with van der Waals surface area (Å²) in [6, 6.07) is 4.85. The van der Waals surface area contributed by atoms with Crippen molar-refractivity contribution in [3.63, 3.8) is 0 Å². The zero-order valence-electron chi connectivity index (χ0n) is 11.9. The van der Waals surface area contributed by atoms with Gasteiger partial charge >= 0.3 is 5.97 Å². The van der Waals surface area contributed by atoms with Crippen LogP contribution in [0.2, 0.25) is 15.1 Å². The van der Waals surface area contributed by atoms with Crippen molar-refractivity contribution in [1.82, 2.24) is 4.98 Å². The van der Waals surface area contributed by atoms with Crippen LogP contribution in [0, 0.1) is 6.92 Å². The zero-order valence-corrected chi connectivity index (χ0v) is 14.2. The average molecular weight is 360 g/mol. The molecule has 0 unspecified atom stereocenters. The Labute approximate surface area is 143 Å². The second-order valence-corrected chi connectivity index (χ2v) is 5.69. The van der Waals surface area contributed by atoms with Gasteiger partial charge in [0.2, 0.25) is 0 Å². The lowest BCUT2D eigenvalue weighted by atomic mass is 10.2. The molecule has 2 aromatic rings. The number of hydrogen-bond donors (Lipinski definition) is 1. The van der Waals surface area contributed by atoms with E-state index in [2.05, 4.69) is 9.98 Å². The molecular weight excluding hydrogens is 347 g/mol. The van der Waals surface area contributed by atoms with Crippen LogP contribution in [-0.4, -0.2) is 23.3 Å². The smallest absolute Gasteiger partial charge is 0.359 e. The molecular formula is C15H13Cl3N2O2. The summed E-state index contributed by atoms with van der Waals surface area (Å²) in [5.41, 5.74) is 1.79. The Kier molecular flexibility index (Phi) is 5.51. The molecule has 7 heteroatoms. The number of rotatable bonds is 4. The van der Waals surface area contributed by atoms with Crippen molar-refractivity contribution >= 4 is 52.2 Å². The van der Waals surface area contributed by atoms with Crippen molar-refractivity contribution in [3.8, 4) is 0 Å². The molecule has 0 saturated carbocycles. The maximum absolute atomic E-state index is 12.2. The zero-order chi connectivity index (χ0) is 16.3. The number of carbonyl (C=O) groups excluding carboxylic acids is 1. The van der Waals surface area contributed by atoms with Gasteiger partial charge in [-0.25, -0.2) is 9.79 Å². The lowest BCUT2D eigenvalue weighted by Gasteiger charge is -2.08. The monoisotopic (exact) mass is 358 g/mol. The molecule has 1 heterocycles. The van der Waals surface area contributed by atoms with Crippen LogP contribution in [0.1, 0.15) is 18.2 Å². The van der Waals surface area contributed by atoms with Crippen LogP contribution in [-0.2, 0) is 9.53 Å². The van der Waals surface area contributed by atoms with Gasteiger partial charge in [0.25, 0.3) is 0 Å². The second-order valence-electron chi connectivity index (χ2n) is 4.43. The highest BCUT2D eigenvalue weighted by atomic mass is 35.5. The van der Waals surface area contributed by atoms with Gasteiger partial charge in [0.05, 0.1) is 22.3 Å². The standard InChI is InChI=1S/C15H13Cl3N2O2/c1-3-22-15(21)14(12-8(2)4-5-19-12)20-13-10(17)6-9(16)7-11(13)18/h4-7,19H,3H2,1-2H3. The maximum Gasteiger partial charge on any atom is 0.359 e. The van der Waals surface area contributed by atoms with Crippen LogP contribution in [0.5, 0.6) is 0 Å². The first-order valence-electron chi connectivity index (χ1n) is 6.48. The number of aliphatic imine (C=N–C) groups is 1. The molecule has 0 radical (unpaired) electrons. The van der Waals surface area contributed by atoms with Gasteiger partial charge < -0.3 is 9.72 Å². The van der Waals surface area contributed by atoms with Crippen molar-refractivity contribution < 1.29 is 9.53 Å². The Morgan fingerprint density at radius 1 is 1.27 bits per heavy atom. The number of nitrogens with zero attached hydrogens (tertiary/aromatic N) is 1. The lowest BCUT2D eigenvalue weighted by molar-refractivity contribution is -0.134. The highest BCUT2D eigenvalue weighted by molar-refractivity contribution is 6.45. The molecule has 1 N–H and O–H groups in total. The van der Waals surface area contributed by atoms with Crippen LogP contribution in [0.3, 0.4) is 0 Å². The molecule has 0 aliphatic heterocycles. The van der Waals surface area contributed by atoms with Crippen molar-refractivity contribution in [2.24, 2.45) is 4.99 Å². The van der Waals surface area contributed by atoms with Gasteiger partial charge in [0, 0.05) is 11.2 Å². The van der Waals surface area contributed by atoms with Gasteiger partial charge in [-0.1, -0.05) is 34.8 Å². The molecule has 0 bridgehead atoms. The van der Waals surface area contributed by atoms with Gasteiger partial charge in [-0.2, -0.15) is 0 Å². The van der Waals surface area contributed by atoms with Crippen LogP contribution in [0.25, 0.3) is 0 Å². The van der Waals surface area contributed by atoms with Crippen LogP contribution < -0.4 is 0 Å². The van der Waals surface area contributed by atoms with Crippen molar-refractivity contribution in [2.75, 3.05) is 6.61 Å². The first-order valence-corrected chi connectivity index (χ1v) is 7.62. The minimum Gasteiger partial charge on any atom is -0.461 e. The normalized spacial score (nSPS) is 11.6. The van der Waals surface area contributed by atoms with E-state index in [1.807, 2.05) is 13.0 Å². The van der Waals surface area contributed by atoms with Crippen LogP contribution in [0.4, 0.5) is 5.69 Å². The molecule has 0 aliphatic rings. The number of esters is 1. The summed E-state index contributed by atoms with van der Waals surface area (Å²) in [5.74, 6) is -0.560. The predicted molar refractivity (Wildman–Crippen MR) is 89.8 cm³/mol. The van der Waals surface area contributed by atoms with E-state index in [1.54, 1.807) is 13.1 Å². The summed E-state index contributed by atoms with van der Waals surface area (Å²) in [6.45, 7) is 3.81. The predicted octanol–water partition coefficient (Wildman–Crippen LogP) is 4.97. The SMILES string of the molecule is CCOC(=O)C(=Nc1c(Cl)cc(Cl)cc1Cl)c1[nH]ccc1C. The van der Waals surface area contributed by atoms with Gasteiger partial charge in [-0.15, -0.1) is 0 Å². The number of aromatic nitrogens is 1. The van der Waals surface area contributed by atoms with E-state index in [4.69, 9.17) is 39.5 Å². The van der Waals surface area contributed by atoms with E-state index in [0.29, 0.717) is 10.7 Å². The van der Waals surface area contributed by atoms with Gasteiger partial charge in [-0.3, -0.25) is 0 Å². The minimum atomic E-state index is -0.560. The summed E-state index contributed by atoms with van der Waals surface area (Å²) in [4.78, 5) is 19.5.